The Labute approximate surface area is 162 Å². The molecule has 5 nitrogen and oxygen atoms in total. The smallest absolute Gasteiger partial charge is 0.253 e. The molecular formula is C23H20N2O3. The Balaban J connectivity index is 1.90. The van der Waals surface area contributed by atoms with Crippen LogP contribution in [-0.2, 0) is 0 Å². The minimum absolute atomic E-state index is 0.364. The molecule has 28 heavy (non-hydrogen) atoms. The molecule has 0 unspecified atom stereocenters. The van der Waals surface area contributed by atoms with Crippen LogP contribution >= 0.6 is 0 Å². The molecule has 0 aliphatic carbocycles. The van der Waals surface area contributed by atoms with Crippen LogP contribution in [0, 0.1) is 10.1 Å². The van der Waals surface area contributed by atoms with Crippen molar-refractivity contribution < 1.29 is 10.0 Å². The molecule has 3 atom stereocenters. The molecule has 0 spiro atoms. The van der Waals surface area contributed by atoms with Crippen molar-refractivity contribution in [1.82, 2.24) is 4.98 Å². The summed E-state index contributed by atoms with van der Waals surface area (Å²) in [5, 5.41) is 24.1. The highest BCUT2D eigenvalue weighted by Gasteiger charge is 2.42. The normalized spacial score (nSPS) is 14.5. The number of hydrogen-bond donors (Lipinski definition) is 2. The lowest BCUT2D eigenvalue weighted by Gasteiger charge is -2.25. The fraction of sp³-hybridized carbons (Fsp3) is 0.130. The summed E-state index contributed by atoms with van der Waals surface area (Å²) in [6.45, 7) is 0. The zero-order valence-electron chi connectivity index (χ0n) is 15.1. The molecule has 0 aliphatic rings. The summed E-state index contributed by atoms with van der Waals surface area (Å²) in [5.74, 6) is -0.609. The molecule has 5 heteroatoms. The first kappa shape index (κ1) is 17.9. The van der Waals surface area contributed by atoms with Crippen molar-refractivity contribution in [3.63, 3.8) is 0 Å². The molecule has 0 fully saturated rings. The Morgan fingerprint density at radius 3 is 2.04 bits per heavy atom. The maximum Gasteiger partial charge on any atom is 0.253 e. The second kappa shape index (κ2) is 7.66. The molecular weight excluding hydrogens is 352 g/mol. The Morgan fingerprint density at radius 1 is 0.821 bits per heavy atom. The molecule has 0 amide bonds. The lowest BCUT2D eigenvalue weighted by molar-refractivity contribution is -0.538. The van der Waals surface area contributed by atoms with Gasteiger partial charge in [-0.05, 0) is 22.8 Å². The van der Waals surface area contributed by atoms with Crippen molar-refractivity contribution in [3.8, 4) is 0 Å². The summed E-state index contributed by atoms with van der Waals surface area (Å²) < 4.78 is 0. The molecule has 140 valence electrons. The molecule has 0 bridgehead atoms. The molecule has 0 saturated carbocycles. The van der Waals surface area contributed by atoms with Gasteiger partial charge in [0, 0.05) is 22.0 Å². The molecule has 0 radical (unpaired) electrons. The summed E-state index contributed by atoms with van der Waals surface area (Å²) in [6.07, 6.45) is 0.575. The van der Waals surface area contributed by atoms with Gasteiger partial charge >= 0.3 is 0 Å². The van der Waals surface area contributed by atoms with E-state index < -0.39 is 18.1 Å². The van der Waals surface area contributed by atoms with Gasteiger partial charge in [0.2, 0.25) is 0 Å². The van der Waals surface area contributed by atoms with E-state index in [2.05, 4.69) is 4.98 Å². The molecule has 1 heterocycles. The third-order valence-corrected chi connectivity index (χ3v) is 5.16. The number of para-hydroxylation sites is 1. The monoisotopic (exact) mass is 372 g/mol. The van der Waals surface area contributed by atoms with Gasteiger partial charge in [0.25, 0.3) is 6.04 Å². The van der Waals surface area contributed by atoms with Crippen molar-refractivity contribution >= 4 is 10.9 Å². The van der Waals surface area contributed by atoms with Gasteiger partial charge in [-0.15, -0.1) is 0 Å². The van der Waals surface area contributed by atoms with Crippen LogP contribution in [0.2, 0.25) is 0 Å². The number of aromatic nitrogens is 1. The second-order valence-electron chi connectivity index (χ2n) is 6.81. The number of H-pyrrole nitrogens is 1. The highest BCUT2D eigenvalue weighted by Crippen LogP contribution is 2.39. The van der Waals surface area contributed by atoms with Gasteiger partial charge < -0.3 is 10.1 Å². The van der Waals surface area contributed by atoms with Crippen molar-refractivity contribution in [2.24, 2.45) is 0 Å². The van der Waals surface area contributed by atoms with Crippen LogP contribution in [0.1, 0.15) is 28.7 Å². The average molecular weight is 372 g/mol. The highest BCUT2D eigenvalue weighted by atomic mass is 16.6. The number of benzene rings is 3. The minimum atomic E-state index is -1.24. The van der Waals surface area contributed by atoms with Crippen molar-refractivity contribution in [3.05, 3.63) is 118 Å². The van der Waals surface area contributed by atoms with Gasteiger partial charge in [0.05, 0.1) is 5.92 Å². The van der Waals surface area contributed by atoms with E-state index in [4.69, 9.17) is 0 Å². The van der Waals surface area contributed by atoms with Crippen molar-refractivity contribution in [2.75, 3.05) is 0 Å². The number of rotatable bonds is 6. The predicted octanol–water partition coefficient (Wildman–Crippen LogP) is 4.68. The Morgan fingerprint density at radius 2 is 1.39 bits per heavy atom. The third-order valence-electron chi connectivity index (χ3n) is 5.16. The molecule has 0 saturated heterocycles. The van der Waals surface area contributed by atoms with E-state index in [1.54, 1.807) is 24.3 Å². The fourth-order valence-electron chi connectivity index (χ4n) is 3.84. The number of aromatic amines is 1. The summed E-state index contributed by atoms with van der Waals surface area (Å²) in [7, 11) is 0. The summed E-state index contributed by atoms with van der Waals surface area (Å²) in [6, 6.07) is 24.7. The SMILES string of the molecule is O=[N+]([O-])[C@@H]([C@H](c1ccccc1)c1c[nH]c2ccccc12)[C@@H](O)c1ccccc1. The van der Waals surface area contributed by atoms with E-state index in [0.717, 1.165) is 22.0 Å². The first-order chi connectivity index (χ1) is 13.7. The van der Waals surface area contributed by atoms with Crippen molar-refractivity contribution in [1.29, 1.82) is 0 Å². The zero-order valence-corrected chi connectivity index (χ0v) is 15.1. The summed E-state index contributed by atoms with van der Waals surface area (Å²) in [4.78, 5) is 15.0. The van der Waals surface area contributed by atoms with Crippen LogP contribution in [0.4, 0.5) is 0 Å². The lowest BCUT2D eigenvalue weighted by atomic mass is 9.81. The number of aliphatic hydroxyl groups excluding tert-OH is 1. The minimum Gasteiger partial charge on any atom is -0.381 e. The third kappa shape index (κ3) is 3.28. The van der Waals surface area contributed by atoms with E-state index in [1.807, 2.05) is 66.9 Å². The Kier molecular flexibility index (Phi) is 4.91. The lowest BCUT2D eigenvalue weighted by Crippen LogP contribution is -2.34. The predicted molar refractivity (Wildman–Crippen MR) is 109 cm³/mol. The number of fused-ring (bicyclic) bond motifs is 1. The molecule has 0 aliphatic heterocycles. The quantitative estimate of drug-likeness (QED) is 0.381. The number of nitrogens with zero attached hydrogens (tertiary/aromatic N) is 1. The molecule has 1 aromatic heterocycles. The Bertz CT molecular complexity index is 1080. The molecule has 3 aromatic carbocycles. The van der Waals surface area contributed by atoms with E-state index >= 15 is 0 Å². The fourth-order valence-corrected chi connectivity index (χ4v) is 3.84. The van der Waals surface area contributed by atoms with Crippen LogP contribution in [0.5, 0.6) is 0 Å². The molecule has 2 N–H and O–H groups in total. The largest absolute Gasteiger partial charge is 0.381 e. The first-order valence-corrected chi connectivity index (χ1v) is 9.14. The van der Waals surface area contributed by atoms with Crippen molar-refractivity contribution in [2.45, 2.75) is 18.1 Å². The van der Waals surface area contributed by atoms with Gasteiger partial charge in [-0.1, -0.05) is 78.9 Å². The molecule has 4 rings (SSSR count). The first-order valence-electron chi connectivity index (χ1n) is 9.14. The van der Waals surface area contributed by atoms with E-state index in [-0.39, 0.29) is 4.92 Å². The highest BCUT2D eigenvalue weighted by molar-refractivity contribution is 5.84. The van der Waals surface area contributed by atoms with Gasteiger partial charge in [-0.3, -0.25) is 10.1 Å². The second-order valence-corrected chi connectivity index (χ2v) is 6.81. The van der Waals surface area contributed by atoms with Crippen LogP contribution < -0.4 is 0 Å². The summed E-state index contributed by atoms with van der Waals surface area (Å²) in [5.41, 5.74) is 3.04. The van der Waals surface area contributed by atoms with E-state index in [0.29, 0.717) is 5.56 Å². The van der Waals surface area contributed by atoms with Gasteiger partial charge in [0.1, 0.15) is 6.10 Å². The molecule has 4 aromatic rings. The van der Waals surface area contributed by atoms with Crippen LogP contribution in [0.3, 0.4) is 0 Å². The number of nitro groups is 1. The maximum absolute atomic E-state index is 12.2. The van der Waals surface area contributed by atoms with Gasteiger partial charge in [-0.2, -0.15) is 0 Å². The number of hydrogen-bond acceptors (Lipinski definition) is 3. The topological polar surface area (TPSA) is 79.2 Å². The summed E-state index contributed by atoms with van der Waals surface area (Å²) >= 11 is 0. The van der Waals surface area contributed by atoms with E-state index in [1.165, 1.54) is 0 Å². The van der Waals surface area contributed by atoms with E-state index in [9.17, 15) is 15.2 Å². The maximum atomic E-state index is 12.2. The number of aliphatic hydroxyl groups is 1. The van der Waals surface area contributed by atoms with Crippen LogP contribution in [-0.4, -0.2) is 21.1 Å². The van der Waals surface area contributed by atoms with Crippen LogP contribution in [0.15, 0.2) is 91.1 Å². The average Bonchev–Trinajstić information content (AvgIpc) is 3.16. The standard InChI is InChI=1S/C23H20N2O3/c26-23(17-11-5-2-6-12-17)22(25(27)28)21(16-9-3-1-4-10-16)19-15-24-20-14-8-7-13-18(19)20/h1-15,21-24,26H/t21-,22+,23+/m1/s1. The van der Waals surface area contributed by atoms with Gasteiger partial charge in [0.15, 0.2) is 0 Å². The Hall–Kier alpha value is -3.44. The van der Waals surface area contributed by atoms with Crippen LogP contribution in [0.25, 0.3) is 10.9 Å². The zero-order chi connectivity index (χ0) is 19.5. The van der Waals surface area contributed by atoms with Gasteiger partial charge in [-0.25, -0.2) is 0 Å². The number of nitrogens with one attached hydrogen (secondary N) is 1.